The fourth-order valence-corrected chi connectivity index (χ4v) is 0.837. The molecule has 1 heterocycles. The Bertz CT molecular complexity index is 264. The summed E-state index contributed by atoms with van der Waals surface area (Å²) in [6, 6.07) is 0. The van der Waals surface area contributed by atoms with Crippen molar-refractivity contribution < 1.29 is 4.79 Å². The number of halogens is 1. The number of hydrogen-bond donors (Lipinski definition) is 1. The highest BCUT2D eigenvalue weighted by Gasteiger charge is 1.98. The second kappa shape index (κ2) is 3.29. The van der Waals surface area contributed by atoms with E-state index < -0.39 is 0 Å². The highest BCUT2D eigenvalue weighted by atomic mass is 79.9. The van der Waals surface area contributed by atoms with Crippen LogP contribution in [0.15, 0.2) is 15.7 Å². The number of nitrogens with one attached hydrogen (secondary N) is 1. The molecule has 0 saturated heterocycles. The average Bonchev–Trinajstić information content (AvgIpc) is 2.31. The zero-order chi connectivity index (χ0) is 7.40. The van der Waals surface area contributed by atoms with Gasteiger partial charge in [0.2, 0.25) is 6.08 Å². The van der Waals surface area contributed by atoms with E-state index in [1.165, 1.54) is 6.08 Å². The molecule has 1 rings (SSSR count). The molecular weight excluding hydrogens is 198 g/mol. The van der Waals surface area contributed by atoms with Crippen LogP contribution in [0.1, 0.15) is 5.69 Å². The zero-order valence-electron chi connectivity index (χ0n) is 4.97. The summed E-state index contributed by atoms with van der Waals surface area (Å²) in [5.74, 6) is 0. The van der Waals surface area contributed by atoms with Crippen molar-refractivity contribution in [3.05, 3.63) is 16.4 Å². The Hall–Kier alpha value is -0.930. The van der Waals surface area contributed by atoms with E-state index in [-0.39, 0.29) is 0 Å². The fourth-order valence-electron chi connectivity index (χ4n) is 0.520. The molecule has 1 N–H and O–H groups in total. The number of isocyanates is 1. The third-order valence-corrected chi connectivity index (χ3v) is 1.65. The normalized spacial score (nSPS) is 8.90. The highest BCUT2D eigenvalue weighted by Crippen LogP contribution is 2.12. The smallest absolute Gasteiger partial charge is 0.235 e. The van der Waals surface area contributed by atoms with Gasteiger partial charge in [0, 0.05) is 0 Å². The average molecular weight is 202 g/mol. The van der Waals surface area contributed by atoms with Gasteiger partial charge in [-0.3, -0.25) is 5.10 Å². The van der Waals surface area contributed by atoms with Crippen molar-refractivity contribution >= 4 is 22.0 Å². The predicted octanol–water partition coefficient (Wildman–Crippen LogP) is 1.01. The zero-order valence-corrected chi connectivity index (χ0v) is 6.55. The summed E-state index contributed by atoms with van der Waals surface area (Å²) in [6.07, 6.45) is 3.05. The standard InChI is InChI=1S/C5H4BrN3O/c6-4-1-8-9-5(4)2-7-3-10/h1H,2H2,(H,8,9). The van der Waals surface area contributed by atoms with E-state index >= 15 is 0 Å². The molecule has 52 valence electrons. The van der Waals surface area contributed by atoms with Crippen molar-refractivity contribution in [3.8, 4) is 0 Å². The quantitative estimate of drug-likeness (QED) is 0.574. The van der Waals surface area contributed by atoms with E-state index in [2.05, 4.69) is 31.1 Å². The molecule has 0 aliphatic heterocycles. The summed E-state index contributed by atoms with van der Waals surface area (Å²) in [5.41, 5.74) is 0.781. The molecule has 0 saturated carbocycles. The van der Waals surface area contributed by atoms with Crippen LogP contribution in [0, 0.1) is 0 Å². The van der Waals surface area contributed by atoms with Gasteiger partial charge in [-0.2, -0.15) is 10.1 Å². The molecule has 0 amide bonds. The van der Waals surface area contributed by atoms with Crippen LogP contribution in [0.2, 0.25) is 0 Å². The lowest BCUT2D eigenvalue weighted by atomic mass is 10.4. The molecule has 0 fully saturated rings. The molecular formula is C5H4BrN3O. The number of aromatic nitrogens is 2. The first-order valence-electron chi connectivity index (χ1n) is 2.56. The third kappa shape index (κ3) is 1.52. The highest BCUT2D eigenvalue weighted by molar-refractivity contribution is 9.10. The van der Waals surface area contributed by atoms with Gasteiger partial charge < -0.3 is 0 Å². The molecule has 1 aromatic heterocycles. The predicted molar refractivity (Wildman–Crippen MR) is 38.1 cm³/mol. The van der Waals surface area contributed by atoms with Gasteiger partial charge in [0.25, 0.3) is 0 Å². The molecule has 10 heavy (non-hydrogen) atoms. The first kappa shape index (κ1) is 7.18. The minimum atomic E-state index is 0.296. The Morgan fingerprint density at radius 2 is 2.70 bits per heavy atom. The largest absolute Gasteiger partial charge is 0.279 e. The van der Waals surface area contributed by atoms with Crippen LogP contribution in [0.4, 0.5) is 0 Å². The van der Waals surface area contributed by atoms with E-state index in [1.807, 2.05) is 0 Å². The van der Waals surface area contributed by atoms with Gasteiger partial charge in [-0.15, -0.1) is 0 Å². The molecule has 0 aliphatic carbocycles. The monoisotopic (exact) mass is 201 g/mol. The molecule has 0 unspecified atom stereocenters. The number of carbonyl (C=O) groups excluding carboxylic acids is 1. The van der Waals surface area contributed by atoms with Gasteiger partial charge in [0.15, 0.2) is 0 Å². The second-order valence-electron chi connectivity index (χ2n) is 1.60. The van der Waals surface area contributed by atoms with Gasteiger partial charge in [0.1, 0.15) is 0 Å². The number of rotatable bonds is 2. The molecule has 0 spiro atoms. The topological polar surface area (TPSA) is 58.1 Å². The Morgan fingerprint density at radius 1 is 1.90 bits per heavy atom. The van der Waals surface area contributed by atoms with Crippen LogP contribution in [0.25, 0.3) is 0 Å². The number of aliphatic imine (C=N–C) groups is 1. The van der Waals surface area contributed by atoms with Crippen molar-refractivity contribution in [2.24, 2.45) is 4.99 Å². The van der Waals surface area contributed by atoms with Gasteiger partial charge >= 0.3 is 0 Å². The van der Waals surface area contributed by atoms with Crippen LogP contribution in [0.5, 0.6) is 0 Å². The molecule has 1 aromatic rings. The summed E-state index contributed by atoms with van der Waals surface area (Å²) < 4.78 is 0.825. The molecule has 0 atom stereocenters. The molecule has 4 nitrogen and oxygen atoms in total. The summed E-state index contributed by atoms with van der Waals surface area (Å²) >= 11 is 3.21. The van der Waals surface area contributed by atoms with E-state index in [4.69, 9.17) is 0 Å². The first-order valence-corrected chi connectivity index (χ1v) is 3.35. The Balaban J connectivity index is 2.74. The third-order valence-electron chi connectivity index (χ3n) is 0.967. The molecule has 0 aromatic carbocycles. The van der Waals surface area contributed by atoms with E-state index in [0.717, 1.165) is 10.2 Å². The van der Waals surface area contributed by atoms with Gasteiger partial charge in [-0.25, -0.2) is 4.79 Å². The summed E-state index contributed by atoms with van der Waals surface area (Å²) in [4.78, 5) is 13.0. The maximum Gasteiger partial charge on any atom is 0.235 e. The summed E-state index contributed by atoms with van der Waals surface area (Å²) in [7, 11) is 0. The van der Waals surface area contributed by atoms with Crippen LogP contribution >= 0.6 is 15.9 Å². The Kier molecular flexibility index (Phi) is 2.36. The minimum Gasteiger partial charge on any atom is -0.279 e. The van der Waals surface area contributed by atoms with Crippen LogP contribution in [0.3, 0.4) is 0 Å². The van der Waals surface area contributed by atoms with Crippen LogP contribution in [-0.2, 0) is 11.3 Å². The number of aromatic amines is 1. The molecule has 5 heteroatoms. The van der Waals surface area contributed by atoms with Gasteiger partial charge in [-0.05, 0) is 15.9 Å². The SMILES string of the molecule is O=C=NCc1[nH]ncc1Br. The van der Waals surface area contributed by atoms with Crippen LogP contribution in [-0.4, -0.2) is 16.3 Å². The Morgan fingerprint density at radius 3 is 3.20 bits per heavy atom. The lowest BCUT2D eigenvalue weighted by Gasteiger charge is -1.85. The van der Waals surface area contributed by atoms with E-state index in [9.17, 15) is 4.79 Å². The molecule has 0 bridgehead atoms. The molecule has 0 aliphatic rings. The minimum absolute atomic E-state index is 0.296. The maximum absolute atomic E-state index is 9.67. The van der Waals surface area contributed by atoms with Crippen molar-refractivity contribution in [1.29, 1.82) is 0 Å². The maximum atomic E-state index is 9.67. The van der Waals surface area contributed by atoms with Crippen molar-refractivity contribution in [2.45, 2.75) is 6.54 Å². The van der Waals surface area contributed by atoms with E-state index in [1.54, 1.807) is 6.20 Å². The first-order chi connectivity index (χ1) is 4.84. The van der Waals surface area contributed by atoms with Gasteiger partial charge in [0.05, 0.1) is 22.9 Å². The Labute approximate surface area is 65.5 Å². The van der Waals surface area contributed by atoms with E-state index in [0.29, 0.717) is 6.54 Å². The lowest BCUT2D eigenvalue weighted by Crippen LogP contribution is -1.81. The van der Waals surface area contributed by atoms with Gasteiger partial charge in [-0.1, -0.05) is 0 Å². The lowest BCUT2D eigenvalue weighted by molar-refractivity contribution is 0.562. The number of H-pyrrole nitrogens is 1. The van der Waals surface area contributed by atoms with Crippen molar-refractivity contribution in [1.82, 2.24) is 10.2 Å². The van der Waals surface area contributed by atoms with Crippen LogP contribution < -0.4 is 0 Å². The number of hydrogen-bond acceptors (Lipinski definition) is 3. The molecule has 0 radical (unpaired) electrons. The fraction of sp³-hybridized carbons (Fsp3) is 0.200. The summed E-state index contributed by atoms with van der Waals surface area (Å²) in [6.45, 7) is 0.296. The second-order valence-corrected chi connectivity index (χ2v) is 2.46. The summed E-state index contributed by atoms with van der Waals surface area (Å²) in [5, 5.41) is 6.38. The van der Waals surface area contributed by atoms with Crippen molar-refractivity contribution in [2.75, 3.05) is 0 Å². The number of nitrogens with zero attached hydrogens (tertiary/aromatic N) is 2. The van der Waals surface area contributed by atoms with Crippen molar-refractivity contribution in [3.63, 3.8) is 0 Å².